The van der Waals surface area contributed by atoms with E-state index in [1.54, 1.807) is 19.3 Å². The third-order valence-electron chi connectivity index (χ3n) is 3.84. The fraction of sp³-hybridized carbons (Fsp3) is 0.278. The normalized spacial score (nSPS) is 14.1. The summed E-state index contributed by atoms with van der Waals surface area (Å²) in [5, 5.41) is 0.237. The Bertz CT molecular complexity index is 992. The number of aliphatic imine (C=N–C) groups is 1. The number of hydrogen-bond acceptors (Lipinski definition) is 4. The quantitative estimate of drug-likeness (QED) is 0.450. The summed E-state index contributed by atoms with van der Waals surface area (Å²) in [6.45, 7) is 4.39. The van der Waals surface area contributed by atoms with Crippen LogP contribution in [0.4, 0.5) is 18.9 Å². The molecule has 0 fully saturated rings. The van der Waals surface area contributed by atoms with Crippen LogP contribution in [0.15, 0.2) is 46.3 Å². The smallest absolute Gasteiger partial charge is 0.456 e. The van der Waals surface area contributed by atoms with Crippen LogP contribution in [0.5, 0.6) is 11.5 Å². The van der Waals surface area contributed by atoms with Gasteiger partial charge in [0.1, 0.15) is 11.5 Å². The molecule has 2 aromatic rings. The van der Waals surface area contributed by atoms with Gasteiger partial charge in [-0.25, -0.2) is 14.0 Å². The molecule has 28 heavy (non-hydrogen) atoms. The van der Waals surface area contributed by atoms with Gasteiger partial charge < -0.3 is 9.64 Å². The summed E-state index contributed by atoms with van der Waals surface area (Å²) in [6, 6.07) is 7.94. The summed E-state index contributed by atoms with van der Waals surface area (Å²) in [4.78, 5) is 5.36. The average molecular weight is 434 g/mol. The number of benzene rings is 2. The molecule has 0 bridgehead atoms. The lowest BCUT2D eigenvalue weighted by Crippen LogP contribution is -2.22. The maximum Gasteiger partial charge on any atom is 0.483 e. The molecular formula is C18H19ClF3N3O2S. The van der Waals surface area contributed by atoms with Crippen molar-refractivity contribution in [3.8, 4) is 11.5 Å². The van der Waals surface area contributed by atoms with E-state index >= 15 is 0 Å². The number of para-hydroxylation sites is 1. The molecule has 0 aliphatic carbocycles. The Hall–Kier alpha value is -2.26. The minimum atomic E-state index is -5.22. The van der Waals surface area contributed by atoms with Gasteiger partial charge in [0, 0.05) is 19.7 Å². The van der Waals surface area contributed by atoms with Gasteiger partial charge in [-0.05, 0) is 37.6 Å². The minimum Gasteiger partial charge on any atom is -0.456 e. The lowest BCUT2D eigenvalue weighted by molar-refractivity contribution is -0.0407. The zero-order chi connectivity index (χ0) is 21.1. The molecule has 0 heterocycles. The van der Waals surface area contributed by atoms with Crippen molar-refractivity contribution in [1.29, 1.82) is 4.78 Å². The molecule has 0 spiro atoms. The average Bonchev–Trinajstić information content (AvgIpc) is 2.62. The van der Waals surface area contributed by atoms with Crippen LogP contribution >= 0.6 is 11.6 Å². The number of nitrogens with zero attached hydrogens (tertiary/aromatic N) is 2. The van der Waals surface area contributed by atoms with Gasteiger partial charge in [0.25, 0.3) is 0 Å². The molecule has 1 N–H and O–H groups in total. The van der Waals surface area contributed by atoms with E-state index in [1.165, 1.54) is 24.3 Å². The zero-order valence-electron chi connectivity index (χ0n) is 15.4. The van der Waals surface area contributed by atoms with Crippen molar-refractivity contribution in [3.05, 3.63) is 47.0 Å². The summed E-state index contributed by atoms with van der Waals surface area (Å²) in [7, 11) is -3.22. The first-order valence-electron chi connectivity index (χ1n) is 8.14. The second-order valence-corrected chi connectivity index (χ2v) is 8.36. The number of hydrogen-bond donors (Lipinski definition) is 1. The van der Waals surface area contributed by atoms with Crippen molar-refractivity contribution in [1.82, 2.24) is 4.90 Å². The molecule has 152 valence electrons. The Labute approximate surface area is 166 Å². The van der Waals surface area contributed by atoms with E-state index in [1.807, 2.05) is 18.9 Å². The van der Waals surface area contributed by atoms with Gasteiger partial charge in [-0.3, -0.25) is 0 Å². The van der Waals surface area contributed by atoms with Crippen molar-refractivity contribution in [2.75, 3.05) is 13.6 Å². The molecule has 0 saturated heterocycles. The lowest BCUT2D eigenvalue weighted by Gasteiger charge is -2.17. The molecule has 10 heteroatoms. The van der Waals surface area contributed by atoms with Gasteiger partial charge >= 0.3 is 5.51 Å². The molecule has 0 amide bonds. The van der Waals surface area contributed by atoms with E-state index in [9.17, 15) is 17.4 Å². The number of halogens is 4. The molecule has 1 unspecified atom stereocenters. The van der Waals surface area contributed by atoms with Gasteiger partial charge in [0.05, 0.1) is 21.9 Å². The first-order chi connectivity index (χ1) is 13.0. The van der Waals surface area contributed by atoms with Crippen LogP contribution in [0.1, 0.15) is 12.5 Å². The van der Waals surface area contributed by atoms with Gasteiger partial charge in [-0.1, -0.05) is 23.7 Å². The van der Waals surface area contributed by atoms with Crippen LogP contribution < -0.4 is 4.74 Å². The number of nitrogens with one attached hydrogen (secondary N) is 1. The maximum absolute atomic E-state index is 13.1. The molecule has 0 radical (unpaired) electrons. The SMILES string of the molecule is CCN(C)/C=N\c1cc(C)c(Oc2ccccc2S(=N)(=O)C(F)(F)F)cc1Cl. The van der Waals surface area contributed by atoms with Crippen LogP contribution in [0.25, 0.3) is 0 Å². The summed E-state index contributed by atoms with van der Waals surface area (Å²) < 4.78 is 64.1. The van der Waals surface area contributed by atoms with Gasteiger partial charge in [-0.2, -0.15) is 13.2 Å². The monoisotopic (exact) mass is 433 g/mol. The van der Waals surface area contributed by atoms with Crippen LogP contribution in [0.2, 0.25) is 5.02 Å². The summed E-state index contributed by atoms with van der Waals surface area (Å²) in [5.41, 5.74) is -4.18. The topological polar surface area (TPSA) is 65.8 Å². The van der Waals surface area contributed by atoms with E-state index in [2.05, 4.69) is 4.99 Å². The molecule has 0 aliphatic rings. The minimum absolute atomic E-state index is 0.178. The van der Waals surface area contributed by atoms with Gasteiger partial charge in [0.15, 0.2) is 9.73 Å². The fourth-order valence-electron chi connectivity index (χ4n) is 2.11. The van der Waals surface area contributed by atoms with E-state index in [-0.39, 0.29) is 16.5 Å². The van der Waals surface area contributed by atoms with E-state index in [0.29, 0.717) is 11.3 Å². The Morgan fingerprint density at radius 3 is 2.54 bits per heavy atom. The van der Waals surface area contributed by atoms with Crippen molar-refractivity contribution < 1.29 is 22.1 Å². The summed E-state index contributed by atoms with van der Waals surface area (Å²) in [5.74, 6) is -0.140. The Balaban J connectivity index is 2.43. The Morgan fingerprint density at radius 2 is 1.93 bits per heavy atom. The van der Waals surface area contributed by atoms with Crippen molar-refractivity contribution >= 4 is 33.4 Å². The number of alkyl halides is 3. The van der Waals surface area contributed by atoms with Crippen molar-refractivity contribution in [2.24, 2.45) is 4.99 Å². The van der Waals surface area contributed by atoms with E-state index in [4.69, 9.17) is 21.1 Å². The second-order valence-electron chi connectivity index (χ2n) is 5.94. The van der Waals surface area contributed by atoms with Gasteiger partial charge in [-0.15, -0.1) is 0 Å². The number of aryl methyl sites for hydroxylation is 1. The predicted octanol–water partition coefficient (Wildman–Crippen LogP) is 5.98. The third-order valence-corrected chi connectivity index (χ3v) is 5.75. The molecule has 1 atom stereocenters. The van der Waals surface area contributed by atoms with E-state index in [0.717, 1.165) is 12.6 Å². The second kappa shape index (κ2) is 8.40. The first-order valence-corrected chi connectivity index (χ1v) is 10.1. The lowest BCUT2D eigenvalue weighted by atomic mass is 10.2. The first kappa shape index (κ1) is 22.0. The highest BCUT2D eigenvalue weighted by atomic mass is 35.5. The van der Waals surface area contributed by atoms with Crippen molar-refractivity contribution in [2.45, 2.75) is 24.3 Å². The highest BCUT2D eigenvalue weighted by molar-refractivity contribution is 7.93. The molecule has 0 aromatic heterocycles. The van der Waals surface area contributed by atoms with Crippen molar-refractivity contribution in [3.63, 3.8) is 0 Å². The maximum atomic E-state index is 13.1. The molecule has 0 aliphatic heterocycles. The number of ether oxygens (including phenoxy) is 1. The molecule has 2 aromatic carbocycles. The molecule has 5 nitrogen and oxygen atoms in total. The van der Waals surface area contributed by atoms with E-state index < -0.39 is 20.1 Å². The standard InChI is InChI=1S/C18H19ClF3N3O2S/c1-4-25(3)11-24-14-9-12(2)16(10-13(14)19)27-15-7-5-6-8-17(15)28(23,26)18(20,21)22/h5-11,23H,4H2,1-3H3/b24-11-. The Kier molecular flexibility index (Phi) is 6.61. The highest BCUT2D eigenvalue weighted by Gasteiger charge is 2.44. The molecular weight excluding hydrogens is 415 g/mol. The van der Waals surface area contributed by atoms with Gasteiger partial charge in [0.2, 0.25) is 0 Å². The molecule has 2 rings (SSSR count). The number of rotatable bonds is 6. The van der Waals surface area contributed by atoms with Crippen LogP contribution in [-0.4, -0.2) is 34.5 Å². The predicted molar refractivity (Wildman–Crippen MR) is 104 cm³/mol. The summed E-state index contributed by atoms with van der Waals surface area (Å²) in [6.07, 6.45) is 1.61. The summed E-state index contributed by atoms with van der Waals surface area (Å²) >= 11 is 6.21. The molecule has 0 saturated carbocycles. The van der Waals surface area contributed by atoms with Crippen LogP contribution in [0.3, 0.4) is 0 Å². The largest absolute Gasteiger partial charge is 0.483 e. The van der Waals surface area contributed by atoms with Crippen LogP contribution in [-0.2, 0) is 9.73 Å². The zero-order valence-corrected chi connectivity index (χ0v) is 17.0. The van der Waals surface area contributed by atoms with Crippen LogP contribution in [0, 0.1) is 11.7 Å². The fourth-order valence-corrected chi connectivity index (χ4v) is 3.23. The highest BCUT2D eigenvalue weighted by Crippen LogP contribution is 2.40. The third kappa shape index (κ3) is 4.77. The Morgan fingerprint density at radius 1 is 1.29 bits per heavy atom.